The van der Waals surface area contributed by atoms with Gasteiger partial charge in [-0.05, 0) is 36.4 Å². The van der Waals surface area contributed by atoms with Gasteiger partial charge in [0.15, 0.2) is 11.3 Å². The maximum absolute atomic E-state index is 11.5. The summed E-state index contributed by atoms with van der Waals surface area (Å²) in [7, 11) is 0. The summed E-state index contributed by atoms with van der Waals surface area (Å²) in [4.78, 5) is 20.0. The molecule has 0 atom stereocenters. The molecule has 16 heavy (non-hydrogen) atoms. The first-order valence-corrected chi connectivity index (χ1v) is 5.88. The molecule has 0 aromatic carbocycles. The molecule has 0 bridgehead atoms. The van der Waals surface area contributed by atoms with Gasteiger partial charge in [0, 0.05) is 12.4 Å². The number of nitrogens with zero attached hydrogens (tertiary/aromatic N) is 3. The molecule has 0 unspecified atom stereocenters. The Balaban J connectivity index is 2.51. The normalized spacial score (nSPS) is 10.7. The number of fused-ring (bicyclic) bond motifs is 1. The fourth-order valence-electron chi connectivity index (χ4n) is 1.42. The summed E-state index contributed by atoms with van der Waals surface area (Å²) in [6.07, 6.45) is 3.47. The van der Waals surface area contributed by atoms with Crippen molar-refractivity contribution in [2.45, 2.75) is 13.8 Å². The molecule has 0 N–H and O–H groups in total. The number of esters is 1. The number of rotatable bonds is 2. The Labute approximate surface area is 106 Å². The topological polar surface area (TPSA) is 56.5 Å². The van der Waals surface area contributed by atoms with Crippen LogP contribution in [0.1, 0.15) is 23.1 Å². The van der Waals surface area contributed by atoms with Gasteiger partial charge in [-0.25, -0.2) is 14.8 Å². The summed E-state index contributed by atoms with van der Waals surface area (Å²) >= 11 is 2.12. The summed E-state index contributed by atoms with van der Waals surface area (Å²) < 4.78 is 7.54. The summed E-state index contributed by atoms with van der Waals surface area (Å²) in [5, 5.41) is 0. The van der Waals surface area contributed by atoms with Crippen molar-refractivity contribution in [1.29, 1.82) is 0 Å². The second-order valence-electron chi connectivity index (χ2n) is 3.23. The van der Waals surface area contributed by atoms with Gasteiger partial charge in [-0.1, -0.05) is 0 Å². The zero-order valence-electron chi connectivity index (χ0n) is 8.90. The van der Waals surface area contributed by atoms with Crippen molar-refractivity contribution in [1.82, 2.24) is 14.4 Å². The zero-order valence-corrected chi connectivity index (χ0v) is 11.1. The summed E-state index contributed by atoms with van der Waals surface area (Å²) in [5.41, 5.74) is 1.79. The molecular weight excluding hydrogens is 321 g/mol. The lowest BCUT2D eigenvalue weighted by molar-refractivity contribution is 0.0520. The molecule has 0 saturated heterocycles. The minimum absolute atomic E-state index is 0.314. The average Bonchev–Trinajstić information content (AvgIpc) is 2.62. The Kier molecular flexibility index (Phi) is 3.08. The van der Waals surface area contributed by atoms with E-state index in [0.29, 0.717) is 17.9 Å². The van der Waals surface area contributed by atoms with Gasteiger partial charge in [-0.2, -0.15) is 0 Å². The van der Waals surface area contributed by atoms with E-state index < -0.39 is 5.97 Å². The van der Waals surface area contributed by atoms with Crippen molar-refractivity contribution in [3.63, 3.8) is 0 Å². The van der Waals surface area contributed by atoms with Gasteiger partial charge in [0.1, 0.15) is 3.70 Å². The Morgan fingerprint density at radius 3 is 2.94 bits per heavy atom. The van der Waals surface area contributed by atoms with Gasteiger partial charge in [0.05, 0.1) is 12.3 Å². The molecule has 0 spiro atoms. The highest BCUT2D eigenvalue weighted by Crippen LogP contribution is 2.11. The van der Waals surface area contributed by atoms with Crippen LogP contribution in [0.2, 0.25) is 0 Å². The monoisotopic (exact) mass is 331 g/mol. The van der Waals surface area contributed by atoms with Gasteiger partial charge in [0.25, 0.3) is 0 Å². The molecule has 0 amide bonds. The number of carbonyl (C=O) groups excluding carboxylic acids is 1. The molecule has 0 aliphatic heterocycles. The standard InChI is InChI=1S/C10H10IN3O2/c1-3-16-10(15)7-4-14-5-8(11)12-6(2)9(14)13-7/h4-5H,3H2,1-2H3. The predicted molar refractivity (Wildman–Crippen MR) is 66.4 cm³/mol. The molecule has 5 nitrogen and oxygen atoms in total. The van der Waals surface area contributed by atoms with Crippen molar-refractivity contribution in [2.24, 2.45) is 0 Å². The Morgan fingerprint density at radius 1 is 1.50 bits per heavy atom. The van der Waals surface area contributed by atoms with E-state index in [1.165, 1.54) is 0 Å². The van der Waals surface area contributed by atoms with Crippen LogP contribution < -0.4 is 0 Å². The predicted octanol–water partition coefficient (Wildman–Crippen LogP) is 1.82. The highest BCUT2D eigenvalue weighted by molar-refractivity contribution is 14.1. The first-order chi connectivity index (χ1) is 7.61. The second kappa shape index (κ2) is 4.36. The SMILES string of the molecule is CCOC(=O)c1cn2cc(I)nc(C)c2n1. The minimum atomic E-state index is -0.402. The van der Waals surface area contributed by atoms with E-state index in [4.69, 9.17) is 4.74 Å². The van der Waals surface area contributed by atoms with E-state index in [-0.39, 0.29) is 0 Å². The molecule has 6 heteroatoms. The van der Waals surface area contributed by atoms with Crippen LogP contribution in [0.4, 0.5) is 0 Å². The number of hydrogen-bond acceptors (Lipinski definition) is 4. The van der Waals surface area contributed by atoms with Gasteiger partial charge in [-0.3, -0.25) is 0 Å². The van der Waals surface area contributed by atoms with Crippen LogP contribution in [0.5, 0.6) is 0 Å². The highest BCUT2D eigenvalue weighted by atomic mass is 127. The fourth-order valence-corrected chi connectivity index (χ4v) is 2.08. The van der Waals surface area contributed by atoms with Crippen LogP contribution in [-0.2, 0) is 4.74 Å². The van der Waals surface area contributed by atoms with Crippen molar-refractivity contribution in [2.75, 3.05) is 6.61 Å². The van der Waals surface area contributed by atoms with Crippen LogP contribution in [0.3, 0.4) is 0 Å². The third-order valence-electron chi connectivity index (χ3n) is 2.06. The van der Waals surface area contributed by atoms with Gasteiger partial charge < -0.3 is 9.14 Å². The molecule has 0 aliphatic carbocycles. The van der Waals surface area contributed by atoms with Crippen molar-refractivity contribution in [3.8, 4) is 0 Å². The second-order valence-corrected chi connectivity index (χ2v) is 4.33. The van der Waals surface area contributed by atoms with Gasteiger partial charge >= 0.3 is 5.97 Å². The van der Waals surface area contributed by atoms with Crippen molar-refractivity contribution < 1.29 is 9.53 Å². The summed E-state index contributed by atoms with van der Waals surface area (Å²) in [6, 6.07) is 0. The lowest BCUT2D eigenvalue weighted by Gasteiger charge is -1.96. The molecule has 84 valence electrons. The smallest absolute Gasteiger partial charge is 0.358 e. The van der Waals surface area contributed by atoms with Crippen LogP contribution in [0.15, 0.2) is 12.4 Å². The van der Waals surface area contributed by atoms with E-state index in [9.17, 15) is 4.79 Å². The number of carbonyl (C=O) groups is 1. The Hall–Kier alpha value is -1.18. The van der Waals surface area contributed by atoms with E-state index >= 15 is 0 Å². The third kappa shape index (κ3) is 2.01. The molecule has 2 heterocycles. The first-order valence-electron chi connectivity index (χ1n) is 4.80. The van der Waals surface area contributed by atoms with E-state index in [1.54, 1.807) is 17.5 Å². The van der Waals surface area contributed by atoms with E-state index in [2.05, 4.69) is 32.6 Å². The molecule has 2 rings (SSSR count). The van der Waals surface area contributed by atoms with Crippen LogP contribution >= 0.6 is 22.6 Å². The maximum atomic E-state index is 11.5. The lowest BCUT2D eigenvalue weighted by Crippen LogP contribution is -2.04. The molecule has 0 fully saturated rings. The largest absolute Gasteiger partial charge is 0.461 e. The van der Waals surface area contributed by atoms with Crippen LogP contribution in [-0.4, -0.2) is 26.9 Å². The number of aryl methyl sites for hydroxylation is 1. The first kappa shape index (κ1) is 11.3. The van der Waals surface area contributed by atoms with Crippen LogP contribution in [0, 0.1) is 10.6 Å². The molecular formula is C10H10IN3O2. The molecule has 0 aliphatic rings. The minimum Gasteiger partial charge on any atom is -0.461 e. The molecule has 2 aromatic rings. The molecule has 0 saturated carbocycles. The number of hydrogen-bond donors (Lipinski definition) is 0. The number of halogens is 1. The van der Waals surface area contributed by atoms with Crippen molar-refractivity contribution >= 4 is 34.2 Å². The Morgan fingerprint density at radius 2 is 2.25 bits per heavy atom. The van der Waals surface area contributed by atoms with Crippen LogP contribution in [0.25, 0.3) is 5.65 Å². The third-order valence-corrected chi connectivity index (χ3v) is 2.58. The molecule has 0 radical (unpaired) electrons. The van der Waals surface area contributed by atoms with Gasteiger partial charge in [0.2, 0.25) is 0 Å². The highest BCUT2D eigenvalue weighted by Gasteiger charge is 2.13. The van der Waals surface area contributed by atoms with E-state index in [0.717, 1.165) is 9.39 Å². The number of ether oxygens (including phenoxy) is 1. The quantitative estimate of drug-likeness (QED) is 0.622. The number of imidazole rings is 1. The van der Waals surface area contributed by atoms with Gasteiger partial charge in [-0.15, -0.1) is 0 Å². The maximum Gasteiger partial charge on any atom is 0.358 e. The molecule has 2 aromatic heterocycles. The van der Waals surface area contributed by atoms with E-state index in [1.807, 2.05) is 13.1 Å². The summed E-state index contributed by atoms with van der Waals surface area (Å²) in [5.74, 6) is -0.402. The lowest BCUT2D eigenvalue weighted by atomic mass is 10.5. The zero-order chi connectivity index (χ0) is 11.7. The number of aromatic nitrogens is 3. The summed E-state index contributed by atoms with van der Waals surface area (Å²) in [6.45, 7) is 3.98. The average molecular weight is 331 g/mol. The van der Waals surface area contributed by atoms with Crippen molar-refractivity contribution in [3.05, 3.63) is 27.5 Å². The fraction of sp³-hybridized carbons (Fsp3) is 0.300. The Bertz CT molecular complexity index is 550.